The van der Waals surface area contributed by atoms with Crippen LogP contribution in [0.15, 0.2) is 30.3 Å². The molecule has 0 aromatic heterocycles. The van der Waals surface area contributed by atoms with Gasteiger partial charge in [0.15, 0.2) is 0 Å². The van der Waals surface area contributed by atoms with Crippen molar-refractivity contribution in [2.45, 2.75) is 70.8 Å². The molecule has 1 unspecified atom stereocenters. The quantitative estimate of drug-likeness (QED) is 0.634. The summed E-state index contributed by atoms with van der Waals surface area (Å²) < 4.78 is 52.5. The first-order chi connectivity index (χ1) is 14.4. The van der Waals surface area contributed by atoms with Crippen LogP contribution >= 0.6 is 0 Å². The summed E-state index contributed by atoms with van der Waals surface area (Å²) in [5, 5.41) is 10.7. The summed E-state index contributed by atoms with van der Waals surface area (Å²) >= 11 is 0. The maximum absolute atomic E-state index is 14.1. The lowest BCUT2D eigenvalue weighted by molar-refractivity contribution is -0.278. The molecule has 0 spiro atoms. The zero-order chi connectivity index (χ0) is 23.1. The van der Waals surface area contributed by atoms with Crippen LogP contribution < -0.4 is 0 Å². The average Bonchev–Trinajstić information content (AvgIpc) is 2.67. The Morgan fingerprint density at radius 1 is 1.13 bits per heavy atom. The van der Waals surface area contributed by atoms with Crippen LogP contribution in [0.25, 0.3) is 0 Å². The predicted octanol–water partition coefficient (Wildman–Crippen LogP) is 5.24. The second-order valence-corrected chi connectivity index (χ2v) is 10.00. The van der Waals surface area contributed by atoms with Gasteiger partial charge in [0, 0.05) is 18.6 Å². The van der Waals surface area contributed by atoms with Crippen LogP contribution in [-0.4, -0.2) is 37.1 Å². The number of methoxy groups -OCH3 is 1. The van der Waals surface area contributed by atoms with E-state index in [9.17, 15) is 23.1 Å². The molecule has 1 aromatic rings. The molecule has 4 nitrogen and oxygen atoms in total. The van der Waals surface area contributed by atoms with E-state index in [1.807, 2.05) is 0 Å². The van der Waals surface area contributed by atoms with E-state index in [4.69, 9.17) is 9.47 Å². The molecule has 0 aliphatic heterocycles. The van der Waals surface area contributed by atoms with Crippen LogP contribution in [0.2, 0.25) is 0 Å². The number of ether oxygens (including phenoxy) is 2. The monoisotopic (exact) mass is 442 g/mol. The van der Waals surface area contributed by atoms with E-state index < -0.39 is 29.8 Å². The summed E-state index contributed by atoms with van der Waals surface area (Å²) in [5.74, 6) is -1.61. The molecule has 5 atom stereocenters. The van der Waals surface area contributed by atoms with Crippen LogP contribution in [-0.2, 0) is 19.9 Å². The number of fused-ring (bicyclic) bond motifs is 1. The second-order valence-electron chi connectivity index (χ2n) is 10.00. The highest BCUT2D eigenvalue weighted by Crippen LogP contribution is 2.60. The van der Waals surface area contributed by atoms with Crippen LogP contribution in [0.5, 0.6) is 0 Å². The van der Waals surface area contributed by atoms with Gasteiger partial charge in [0.1, 0.15) is 0 Å². The minimum absolute atomic E-state index is 0.0711. The van der Waals surface area contributed by atoms with Crippen molar-refractivity contribution < 1.29 is 32.5 Å². The third-order valence-corrected chi connectivity index (χ3v) is 7.91. The number of aliphatic hydroxyl groups is 1. The minimum atomic E-state index is -5.01. The van der Waals surface area contributed by atoms with E-state index >= 15 is 0 Å². The summed E-state index contributed by atoms with van der Waals surface area (Å²) in [6.45, 7) is 6.25. The zero-order valence-electron chi connectivity index (χ0n) is 18.7. The van der Waals surface area contributed by atoms with Gasteiger partial charge in [-0.15, -0.1) is 0 Å². The zero-order valence-corrected chi connectivity index (χ0v) is 18.7. The Morgan fingerprint density at radius 3 is 2.35 bits per heavy atom. The highest BCUT2D eigenvalue weighted by atomic mass is 19.4. The van der Waals surface area contributed by atoms with Gasteiger partial charge < -0.3 is 14.6 Å². The standard InChI is InChI=1S/C24H33F3O4/c1-21(2)13-8-14-22(3)17(18(28)11-12-19(21)22)15-31-20(29)23(30-4,24(25,26)27)16-9-6-5-7-10-16/h5-7,9-10,17-19,28H,8,11-15H2,1-4H3/t17-,18+,19?,22+,23-/m1/s1. The summed E-state index contributed by atoms with van der Waals surface area (Å²) in [6.07, 6.45) is -1.40. The minimum Gasteiger partial charge on any atom is -0.463 e. The molecular weight excluding hydrogens is 409 g/mol. The molecule has 0 amide bonds. The van der Waals surface area contributed by atoms with Gasteiger partial charge in [0.05, 0.1) is 12.7 Å². The topological polar surface area (TPSA) is 55.8 Å². The molecule has 31 heavy (non-hydrogen) atoms. The Morgan fingerprint density at radius 2 is 1.77 bits per heavy atom. The van der Waals surface area contributed by atoms with Crippen molar-refractivity contribution in [1.82, 2.24) is 0 Å². The first-order valence-corrected chi connectivity index (χ1v) is 10.9. The van der Waals surface area contributed by atoms with Crippen molar-refractivity contribution in [3.8, 4) is 0 Å². The Hall–Kier alpha value is -1.60. The lowest BCUT2D eigenvalue weighted by atomic mass is 9.48. The van der Waals surface area contributed by atoms with Crippen LogP contribution in [0.4, 0.5) is 13.2 Å². The molecule has 2 aliphatic rings. The molecule has 2 aliphatic carbocycles. The summed E-state index contributed by atoms with van der Waals surface area (Å²) in [5.41, 5.74) is -3.77. The summed E-state index contributed by atoms with van der Waals surface area (Å²) in [6, 6.07) is 6.81. The van der Waals surface area contributed by atoms with E-state index in [-0.39, 0.29) is 23.0 Å². The lowest BCUT2D eigenvalue weighted by Gasteiger charge is -2.58. The maximum atomic E-state index is 14.1. The van der Waals surface area contributed by atoms with Crippen molar-refractivity contribution in [1.29, 1.82) is 0 Å². The van der Waals surface area contributed by atoms with E-state index in [0.717, 1.165) is 32.8 Å². The molecule has 0 saturated heterocycles. The number of carbonyl (C=O) groups excluding carboxylic acids is 1. The normalized spacial score (nSPS) is 32.6. The number of hydrogen-bond donors (Lipinski definition) is 1. The molecule has 0 bridgehead atoms. The molecule has 1 aromatic carbocycles. The van der Waals surface area contributed by atoms with E-state index in [2.05, 4.69) is 20.8 Å². The fourth-order valence-electron chi connectivity index (χ4n) is 6.26. The predicted molar refractivity (Wildman–Crippen MR) is 110 cm³/mol. The van der Waals surface area contributed by atoms with Gasteiger partial charge in [-0.2, -0.15) is 13.2 Å². The Balaban J connectivity index is 1.88. The average molecular weight is 443 g/mol. The maximum Gasteiger partial charge on any atom is 0.432 e. The van der Waals surface area contributed by atoms with Crippen LogP contribution in [0.1, 0.15) is 58.4 Å². The smallest absolute Gasteiger partial charge is 0.432 e. The third kappa shape index (κ3) is 3.99. The van der Waals surface area contributed by atoms with Gasteiger partial charge in [-0.05, 0) is 42.4 Å². The number of rotatable bonds is 5. The molecular formula is C24H33F3O4. The number of benzene rings is 1. The number of halogens is 3. The van der Waals surface area contributed by atoms with Crippen molar-refractivity contribution in [3.63, 3.8) is 0 Å². The Labute approximate surface area is 182 Å². The highest BCUT2D eigenvalue weighted by molar-refractivity contribution is 5.82. The van der Waals surface area contributed by atoms with Gasteiger partial charge in [-0.25, -0.2) is 4.79 Å². The summed E-state index contributed by atoms with van der Waals surface area (Å²) in [7, 11) is 0.859. The lowest BCUT2D eigenvalue weighted by Crippen LogP contribution is -2.56. The fraction of sp³-hybridized carbons (Fsp3) is 0.708. The van der Waals surface area contributed by atoms with Crippen molar-refractivity contribution in [3.05, 3.63) is 35.9 Å². The van der Waals surface area contributed by atoms with E-state index in [0.29, 0.717) is 12.3 Å². The van der Waals surface area contributed by atoms with Gasteiger partial charge in [-0.3, -0.25) is 0 Å². The van der Waals surface area contributed by atoms with Gasteiger partial charge in [0.2, 0.25) is 0 Å². The molecule has 174 valence electrons. The van der Waals surface area contributed by atoms with Crippen molar-refractivity contribution >= 4 is 5.97 Å². The van der Waals surface area contributed by atoms with E-state index in [1.54, 1.807) is 6.07 Å². The van der Waals surface area contributed by atoms with Crippen molar-refractivity contribution in [2.24, 2.45) is 22.7 Å². The van der Waals surface area contributed by atoms with Gasteiger partial charge >= 0.3 is 12.1 Å². The van der Waals surface area contributed by atoms with Gasteiger partial charge in [-0.1, -0.05) is 57.5 Å². The van der Waals surface area contributed by atoms with Crippen LogP contribution in [0, 0.1) is 22.7 Å². The second kappa shape index (κ2) is 8.39. The van der Waals surface area contributed by atoms with Crippen molar-refractivity contribution in [2.75, 3.05) is 13.7 Å². The summed E-state index contributed by atoms with van der Waals surface area (Å²) in [4.78, 5) is 12.9. The Bertz CT molecular complexity index is 779. The number of esters is 1. The fourth-order valence-corrected chi connectivity index (χ4v) is 6.26. The molecule has 7 heteroatoms. The number of aliphatic hydroxyl groups excluding tert-OH is 1. The highest BCUT2D eigenvalue weighted by Gasteiger charge is 2.64. The first-order valence-electron chi connectivity index (χ1n) is 10.9. The number of hydrogen-bond acceptors (Lipinski definition) is 4. The number of alkyl halides is 3. The molecule has 0 radical (unpaired) electrons. The van der Waals surface area contributed by atoms with Gasteiger partial charge in [0.25, 0.3) is 5.60 Å². The molecule has 0 heterocycles. The first kappa shape index (κ1) is 24.1. The van der Waals surface area contributed by atoms with E-state index in [1.165, 1.54) is 24.3 Å². The third-order valence-electron chi connectivity index (χ3n) is 7.91. The molecule has 3 rings (SSSR count). The molecule has 2 fully saturated rings. The molecule has 1 N–H and O–H groups in total. The van der Waals surface area contributed by atoms with Crippen LogP contribution in [0.3, 0.4) is 0 Å². The largest absolute Gasteiger partial charge is 0.463 e. The Kier molecular flexibility index (Phi) is 6.51. The SMILES string of the molecule is CO[C@@](C(=O)OC[C@@H]1[C@@H](O)CCC2C(C)(C)CCC[C@]21C)(c1ccccc1)C(F)(F)F. The number of carbonyl (C=O) groups is 1. The molecule has 2 saturated carbocycles.